The molecule has 156 valence electrons. The summed E-state index contributed by atoms with van der Waals surface area (Å²) < 4.78 is 19.2. The number of ether oxygens (including phenoxy) is 1. The Bertz CT molecular complexity index is 1100. The summed E-state index contributed by atoms with van der Waals surface area (Å²) >= 11 is 6.60. The Kier molecular flexibility index (Phi) is 5.69. The number of hydrogen-bond acceptors (Lipinski definition) is 7. The molecule has 11 heteroatoms. The Balaban J connectivity index is 1.42. The van der Waals surface area contributed by atoms with Crippen LogP contribution in [-0.4, -0.2) is 64.6 Å². The molecule has 1 N–H and O–H groups in total. The zero-order chi connectivity index (χ0) is 21.3. The second-order valence-electron chi connectivity index (χ2n) is 6.56. The zero-order valence-electron chi connectivity index (χ0n) is 15.5. The molecule has 0 atom stereocenters. The van der Waals surface area contributed by atoms with E-state index < -0.39 is 11.1 Å². The first-order valence-electron chi connectivity index (χ1n) is 9.02. The SMILES string of the molecule is O=C(O)c1nc(N2CCN(C(=O)COc3ccc(Cl)cc3)CC2)c2cc(F)sc2n1. The lowest BCUT2D eigenvalue weighted by molar-refractivity contribution is -0.133. The molecular weight excluding hydrogens is 435 g/mol. The first kappa shape index (κ1) is 20.3. The number of thiophene rings is 1. The van der Waals surface area contributed by atoms with E-state index in [2.05, 4.69) is 9.97 Å². The normalized spacial score (nSPS) is 14.2. The fraction of sp³-hybridized carbons (Fsp3) is 0.263. The van der Waals surface area contributed by atoms with Crippen LogP contribution in [0.1, 0.15) is 10.6 Å². The van der Waals surface area contributed by atoms with Gasteiger partial charge < -0.3 is 19.6 Å². The van der Waals surface area contributed by atoms with Crippen LogP contribution in [0, 0.1) is 5.13 Å². The molecule has 1 aliphatic heterocycles. The van der Waals surface area contributed by atoms with Crippen molar-refractivity contribution in [3.8, 4) is 5.75 Å². The summed E-state index contributed by atoms with van der Waals surface area (Å²) in [5.41, 5.74) is 0. The minimum Gasteiger partial charge on any atom is -0.484 e. The number of carboxylic acid groups (broad SMARTS) is 1. The van der Waals surface area contributed by atoms with Gasteiger partial charge in [-0.2, -0.15) is 4.39 Å². The van der Waals surface area contributed by atoms with Crippen molar-refractivity contribution in [2.24, 2.45) is 0 Å². The number of piperazine rings is 1. The van der Waals surface area contributed by atoms with Gasteiger partial charge in [0.15, 0.2) is 11.7 Å². The van der Waals surface area contributed by atoms with Crippen LogP contribution in [0.4, 0.5) is 10.2 Å². The summed E-state index contributed by atoms with van der Waals surface area (Å²) in [4.78, 5) is 35.6. The third-order valence-corrected chi connectivity index (χ3v) is 5.71. The van der Waals surface area contributed by atoms with E-state index >= 15 is 0 Å². The minimum atomic E-state index is -1.28. The van der Waals surface area contributed by atoms with Crippen molar-refractivity contribution in [1.82, 2.24) is 14.9 Å². The van der Waals surface area contributed by atoms with E-state index in [9.17, 15) is 19.1 Å². The van der Waals surface area contributed by atoms with E-state index in [4.69, 9.17) is 16.3 Å². The first-order chi connectivity index (χ1) is 14.4. The van der Waals surface area contributed by atoms with Crippen LogP contribution in [-0.2, 0) is 4.79 Å². The van der Waals surface area contributed by atoms with Crippen LogP contribution in [0.2, 0.25) is 5.02 Å². The van der Waals surface area contributed by atoms with Crippen molar-refractivity contribution in [3.63, 3.8) is 0 Å². The molecule has 0 aliphatic carbocycles. The fourth-order valence-corrected chi connectivity index (χ4v) is 4.03. The molecule has 0 bridgehead atoms. The smallest absolute Gasteiger partial charge is 0.374 e. The Morgan fingerprint density at radius 3 is 2.53 bits per heavy atom. The number of benzene rings is 1. The molecule has 1 saturated heterocycles. The first-order valence-corrected chi connectivity index (χ1v) is 10.2. The molecule has 0 radical (unpaired) electrons. The molecule has 30 heavy (non-hydrogen) atoms. The molecule has 0 saturated carbocycles. The van der Waals surface area contributed by atoms with Crippen LogP contribution < -0.4 is 9.64 Å². The van der Waals surface area contributed by atoms with Gasteiger partial charge in [0, 0.05) is 31.2 Å². The van der Waals surface area contributed by atoms with Crippen molar-refractivity contribution in [1.29, 1.82) is 0 Å². The number of amides is 1. The fourth-order valence-electron chi connectivity index (χ4n) is 3.15. The van der Waals surface area contributed by atoms with Crippen molar-refractivity contribution >= 4 is 50.8 Å². The summed E-state index contributed by atoms with van der Waals surface area (Å²) in [6, 6.07) is 8.04. The predicted octanol–water partition coefficient (Wildman–Crippen LogP) is 2.91. The second-order valence-corrected chi connectivity index (χ2v) is 7.97. The van der Waals surface area contributed by atoms with Gasteiger partial charge in [-0.25, -0.2) is 14.8 Å². The Morgan fingerprint density at radius 1 is 1.17 bits per heavy atom. The van der Waals surface area contributed by atoms with Crippen molar-refractivity contribution in [2.75, 3.05) is 37.7 Å². The number of aromatic nitrogens is 2. The number of halogens is 2. The van der Waals surface area contributed by atoms with Gasteiger partial charge in [-0.3, -0.25) is 4.79 Å². The maximum Gasteiger partial charge on any atom is 0.374 e. The largest absolute Gasteiger partial charge is 0.484 e. The molecule has 1 fully saturated rings. The van der Waals surface area contributed by atoms with Gasteiger partial charge in [0.1, 0.15) is 16.4 Å². The molecule has 3 aromatic rings. The van der Waals surface area contributed by atoms with Gasteiger partial charge >= 0.3 is 5.97 Å². The third kappa shape index (κ3) is 4.29. The highest BCUT2D eigenvalue weighted by atomic mass is 35.5. The molecule has 2 aromatic heterocycles. The molecular formula is C19H16ClFN4O4S. The lowest BCUT2D eigenvalue weighted by Crippen LogP contribution is -2.50. The van der Waals surface area contributed by atoms with Crippen molar-refractivity contribution in [2.45, 2.75) is 0 Å². The molecule has 1 amide bonds. The number of carbonyl (C=O) groups excluding carboxylic acids is 1. The zero-order valence-corrected chi connectivity index (χ0v) is 17.1. The lowest BCUT2D eigenvalue weighted by Gasteiger charge is -2.35. The summed E-state index contributed by atoms with van der Waals surface area (Å²) in [7, 11) is 0. The number of carbonyl (C=O) groups is 2. The Hall–Kier alpha value is -2.98. The summed E-state index contributed by atoms with van der Waals surface area (Å²) in [6.07, 6.45) is 0. The molecule has 1 aromatic carbocycles. The van der Waals surface area contributed by atoms with Crippen LogP contribution >= 0.6 is 22.9 Å². The van der Waals surface area contributed by atoms with E-state index in [0.717, 1.165) is 11.3 Å². The topological polar surface area (TPSA) is 95.9 Å². The van der Waals surface area contributed by atoms with Crippen molar-refractivity contribution in [3.05, 3.63) is 46.3 Å². The van der Waals surface area contributed by atoms with Gasteiger partial charge in [-0.05, 0) is 30.3 Å². The van der Waals surface area contributed by atoms with Gasteiger partial charge in [-0.1, -0.05) is 22.9 Å². The maximum atomic E-state index is 13.7. The third-order valence-electron chi connectivity index (χ3n) is 4.64. The van der Waals surface area contributed by atoms with E-state index in [0.29, 0.717) is 48.2 Å². The average Bonchev–Trinajstić information content (AvgIpc) is 3.12. The number of hydrogen-bond donors (Lipinski definition) is 1. The van der Waals surface area contributed by atoms with Gasteiger partial charge in [0.2, 0.25) is 5.82 Å². The van der Waals surface area contributed by atoms with E-state index in [-0.39, 0.29) is 23.2 Å². The minimum absolute atomic E-state index is 0.0989. The molecule has 3 heterocycles. The molecule has 0 unspecified atom stereocenters. The van der Waals surface area contributed by atoms with E-state index in [1.165, 1.54) is 6.07 Å². The molecule has 8 nitrogen and oxygen atoms in total. The number of anilines is 1. The maximum absolute atomic E-state index is 13.7. The van der Waals surface area contributed by atoms with Gasteiger partial charge in [0.25, 0.3) is 5.91 Å². The number of aromatic carboxylic acids is 1. The highest BCUT2D eigenvalue weighted by molar-refractivity contribution is 7.17. The second kappa shape index (κ2) is 8.41. The van der Waals surface area contributed by atoms with E-state index in [1.807, 2.05) is 4.90 Å². The quantitative estimate of drug-likeness (QED) is 0.638. The van der Waals surface area contributed by atoms with Crippen LogP contribution in [0.25, 0.3) is 10.2 Å². The number of rotatable bonds is 5. The molecule has 1 aliphatic rings. The average molecular weight is 451 g/mol. The van der Waals surface area contributed by atoms with Gasteiger partial charge in [0.05, 0.1) is 5.39 Å². The summed E-state index contributed by atoms with van der Waals surface area (Å²) in [5, 5.41) is 9.84. The summed E-state index contributed by atoms with van der Waals surface area (Å²) in [5.74, 6) is -0.905. The van der Waals surface area contributed by atoms with Crippen LogP contribution in [0.15, 0.2) is 30.3 Å². The monoisotopic (exact) mass is 450 g/mol. The number of nitrogens with zero attached hydrogens (tertiary/aromatic N) is 4. The Morgan fingerprint density at radius 2 is 1.87 bits per heavy atom. The molecule has 0 spiro atoms. The van der Waals surface area contributed by atoms with E-state index in [1.54, 1.807) is 29.2 Å². The predicted molar refractivity (Wildman–Crippen MR) is 110 cm³/mol. The van der Waals surface area contributed by atoms with Crippen LogP contribution in [0.5, 0.6) is 5.75 Å². The summed E-state index contributed by atoms with van der Waals surface area (Å²) in [6.45, 7) is 1.57. The highest BCUT2D eigenvalue weighted by Crippen LogP contribution is 2.31. The number of fused-ring (bicyclic) bond motifs is 1. The molecule has 4 rings (SSSR count). The van der Waals surface area contributed by atoms with Crippen LogP contribution in [0.3, 0.4) is 0 Å². The number of carboxylic acids is 1. The standard InChI is InChI=1S/C19H16ClFN4O4S/c20-11-1-3-12(4-2-11)29-10-15(26)24-5-7-25(8-6-24)17-13-9-14(21)30-18(13)23-16(22-17)19(27)28/h1-4,9H,5-8,10H2,(H,27,28). The Labute approximate surface area is 179 Å². The highest BCUT2D eigenvalue weighted by Gasteiger charge is 2.25. The van der Waals surface area contributed by atoms with Crippen molar-refractivity contribution < 1.29 is 23.8 Å². The lowest BCUT2D eigenvalue weighted by atomic mass is 10.2. The van der Waals surface area contributed by atoms with Gasteiger partial charge in [-0.15, -0.1) is 0 Å².